The molecular weight excluding hydrogens is 202 g/mol. The summed E-state index contributed by atoms with van der Waals surface area (Å²) in [6.45, 7) is 2.29. The molecule has 0 fully saturated rings. The Morgan fingerprint density at radius 2 is 1.94 bits per heavy atom. The summed E-state index contributed by atoms with van der Waals surface area (Å²) < 4.78 is 5.52. The van der Waals surface area contributed by atoms with E-state index in [1.807, 2.05) is 25.1 Å². The number of rotatable bonds is 3. The lowest BCUT2D eigenvalue weighted by Gasteiger charge is -2.05. The first-order valence-corrected chi connectivity index (χ1v) is 5.01. The van der Waals surface area contributed by atoms with E-state index in [-0.39, 0.29) is 0 Å². The molecule has 2 rings (SSSR count). The standard InChI is InChI=1S/C12H13N3O/c1-9-6-7-14-12(15-9)8-16-11-4-2-10(13)3-5-11/h2-7H,8,13H2,1H3. The predicted octanol–water partition coefficient (Wildman–Crippen LogP) is 1.95. The maximum atomic E-state index is 5.57. The normalized spacial score (nSPS) is 10.1. The quantitative estimate of drug-likeness (QED) is 0.795. The summed E-state index contributed by atoms with van der Waals surface area (Å²) >= 11 is 0. The number of nitrogens with zero attached hydrogens (tertiary/aromatic N) is 2. The number of benzene rings is 1. The molecule has 4 heteroatoms. The highest BCUT2D eigenvalue weighted by molar-refractivity contribution is 5.41. The predicted molar refractivity (Wildman–Crippen MR) is 62.0 cm³/mol. The zero-order valence-electron chi connectivity index (χ0n) is 9.05. The molecular formula is C12H13N3O. The van der Waals surface area contributed by atoms with Crippen molar-refractivity contribution in [2.24, 2.45) is 0 Å². The molecule has 0 amide bonds. The molecule has 16 heavy (non-hydrogen) atoms. The lowest BCUT2D eigenvalue weighted by molar-refractivity contribution is 0.295. The highest BCUT2D eigenvalue weighted by Crippen LogP contribution is 2.13. The Kier molecular flexibility index (Phi) is 3.00. The zero-order chi connectivity index (χ0) is 11.4. The van der Waals surface area contributed by atoms with Crippen molar-refractivity contribution < 1.29 is 4.74 Å². The minimum Gasteiger partial charge on any atom is -0.486 e. The molecule has 0 saturated heterocycles. The van der Waals surface area contributed by atoms with Gasteiger partial charge in [0.2, 0.25) is 0 Å². The van der Waals surface area contributed by atoms with E-state index in [1.54, 1.807) is 18.3 Å². The van der Waals surface area contributed by atoms with Crippen molar-refractivity contribution >= 4 is 5.69 Å². The number of aromatic nitrogens is 2. The SMILES string of the molecule is Cc1ccnc(COc2ccc(N)cc2)n1. The lowest BCUT2D eigenvalue weighted by Crippen LogP contribution is -2.02. The first-order chi connectivity index (χ1) is 7.74. The summed E-state index contributed by atoms with van der Waals surface area (Å²) in [6.07, 6.45) is 1.73. The van der Waals surface area contributed by atoms with Crippen LogP contribution >= 0.6 is 0 Å². The van der Waals surface area contributed by atoms with E-state index in [0.717, 1.165) is 17.1 Å². The van der Waals surface area contributed by atoms with Crippen molar-refractivity contribution in [2.45, 2.75) is 13.5 Å². The van der Waals surface area contributed by atoms with E-state index in [9.17, 15) is 0 Å². The number of hydrogen-bond donors (Lipinski definition) is 1. The van der Waals surface area contributed by atoms with Crippen LogP contribution in [0.2, 0.25) is 0 Å². The van der Waals surface area contributed by atoms with E-state index < -0.39 is 0 Å². The highest BCUT2D eigenvalue weighted by atomic mass is 16.5. The molecule has 82 valence electrons. The third kappa shape index (κ3) is 2.70. The maximum Gasteiger partial charge on any atom is 0.166 e. The third-order valence-corrected chi connectivity index (χ3v) is 2.09. The average molecular weight is 215 g/mol. The molecule has 2 aromatic rings. The molecule has 2 N–H and O–H groups in total. The molecule has 0 unspecified atom stereocenters. The highest BCUT2D eigenvalue weighted by Gasteiger charge is 1.98. The first kappa shape index (κ1) is 10.4. The second-order valence-electron chi connectivity index (χ2n) is 3.47. The van der Waals surface area contributed by atoms with Crippen LogP contribution in [0.25, 0.3) is 0 Å². The van der Waals surface area contributed by atoms with E-state index in [2.05, 4.69) is 9.97 Å². The number of anilines is 1. The number of ether oxygens (including phenoxy) is 1. The van der Waals surface area contributed by atoms with Crippen LogP contribution in [0.3, 0.4) is 0 Å². The van der Waals surface area contributed by atoms with Crippen LogP contribution in [0.1, 0.15) is 11.5 Å². The summed E-state index contributed by atoms with van der Waals surface area (Å²) in [4.78, 5) is 8.36. The van der Waals surface area contributed by atoms with Gasteiger partial charge in [0.25, 0.3) is 0 Å². The van der Waals surface area contributed by atoms with Gasteiger partial charge in [0.15, 0.2) is 5.82 Å². The molecule has 0 saturated carbocycles. The topological polar surface area (TPSA) is 61.0 Å². The van der Waals surface area contributed by atoms with Crippen LogP contribution in [0.4, 0.5) is 5.69 Å². The van der Waals surface area contributed by atoms with E-state index in [1.165, 1.54) is 0 Å². The van der Waals surface area contributed by atoms with E-state index in [4.69, 9.17) is 10.5 Å². The summed E-state index contributed by atoms with van der Waals surface area (Å²) in [6, 6.07) is 9.10. The van der Waals surface area contributed by atoms with Gasteiger partial charge < -0.3 is 10.5 Å². The van der Waals surface area contributed by atoms with Gasteiger partial charge in [-0.2, -0.15) is 0 Å². The Bertz CT molecular complexity index is 468. The van der Waals surface area contributed by atoms with Crippen LogP contribution in [0.15, 0.2) is 36.5 Å². The monoisotopic (exact) mass is 215 g/mol. The molecule has 4 nitrogen and oxygen atoms in total. The van der Waals surface area contributed by atoms with Crippen LogP contribution in [-0.4, -0.2) is 9.97 Å². The van der Waals surface area contributed by atoms with Crippen molar-refractivity contribution in [1.29, 1.82) is 0 Å². The Balaban J connectivity index is 1.99. The smallest absolute Gasteiger partial charge is 0.166 e. The minimum atomic E-state index is 0.367. The number of aryl methyl sites for hydroxylation is 1. The van der Waals surface area contributed by atoms with Gasteiger partial charge in [-0.15, -0.1) is 0 Å². The van der Waals surface area contributed by atoms with E-state index >= 15 is 0 Å². The van der Waals surface area contributed by atoms with Gasteiger partial charge in [-0.1, -0.05) is 0 Å². The van der Waals surface area contributed by atoms with Crippen LogP contribution in [-0.2, 0) is 6.61 Å². The molecule has 0 radical (unpaired) electrons. The molecule has 0 aliphatic carbocycles. The second-order valence-corrected chi connectivity index (χ2v) is 3.47. The van der Waals surface area contributed by atoms with Gasteiger partial charge in [0.1, 0.15) is 12.4 Å². The van der Waals surface area contributed by atoms with Crippen LogP contribution in [0, 0.1) is 6.92 Å². The Hall–Kier alpha value is -2.10. The lowest BCUT2D eigenvalue weighted by atomic mass is 10.3. The van der Waals surface area contributed by atoms with Gasteiger partial charge in [0, 0.05) is 17.6 Å². The van der Waals surface area contributed by atoms with Crippen molar-refractivity contribution in [3.63, 3.8) is 0 Å². The van der Waals surface area contributed by atoms with Crippen LogP contribution in [0.5, 0.6) is 5.75 Å². The van der Waals surface area contributed by atoms with Gasteiger partial charge >= 0.3 is 0 Å². The Labute approximate surface area is 94.1 Å². The van der Waals surface area contributed by atoms with E-state index in [0.29, 0.717) is 12.4 Å². The van der Waals surface area contributed by atoms with Crippen LogP contribution < -0.4 is 10.5 Å². The van der Waals surface area contributed by atoms with Gasteiger partial charge in [-0.3, -0.25) is 0 Å². The number of nitrogen functional groups attached to an aromatic ring is 1. The molecule has 0 spiro atoms. The molecule has 1 aromatic heterocycles. The fourth-order valence-electron chi connectivity index (χ4n) is 1.28. The van der Waals surface area contributed by atoms with Gasteiger partial charge in [-0.25, -0.2) is 9.97 Å². The van der Waals surface area contributed by atoms with Gasteiger partial charge in [0.05, 0.1) is 0 Å². The van der Waals surface area contributed by atoms with Gasteiger partial charge in [-0.05, 0) is 37.3 Å². The summed E-state index contributed by atoms with van der Waals surface area (Å²) in [5, 5.41) is 0. The third-order valence-electron chi connectivity index (χ3n) is 2.09. The van der Waals surface area contributed by atoms with Crippen molar-refractivity contribution in [1.82, 2.24) is 9.97 Å². The van der Waals surface area contributed by atoms with Crippen molar-refractivity contribution in [3.8, 4) is 5.75 Å². The fraction of sp³-hybridized carbons (Fsp3) is 0.167. The molecule has 0 atom stereocenters. The molecule has 0 aliphatic rings. The Morgan fingerprint density at radius 1 is 1.19 bits per heavy atom. The average Bonchev–Trinajstić information content (AvgIpc) is 2.28. The Morgan fingerprint density at radius 3 is 2.62 bits per heavy atom. The maximum absolute atomic E-state index is 5.57. The van der Waals surface area contributed by atoms with Crippen molar-refractivity contribution in [3.05, 3.63) is 48.0 Å². The molecule has 0 aliphatic heterocycles. The molecule has 1 aromatic carbocycles. The molecule has 0 bridgehead atoms. The van der Waals surface area contributed by atoms with Crippen molar-refractivity contribution in [2.75, 3.05) is 5.73 Å². The number of hydrogen-bond acceptors (Lipinski definition) is 4. The minimum absolute atomic E-state index is 0.367. The summed E-state index contributed by atoms with van der Waals surface area (Å²) in [7, 11) is 0. The first-order valence-electron chi connectivity index (χ1n) is 5.01. The zero-order valence-corrected chi connectivity index (χ0v) is 9.05. The summed E-state index contributed by atoms with van der Waals surface area (Å²) in [5.41, 5.74) is 7.23. The molecule has 1 heterocycles. The number of nitrogens with two attached hydrogens (primary N) is 1. The summed E-state index contributed by atoms with van der Waals surface area (Å²) in [5.74, 6) is 1.44. The largest absolute Gasteiger partial charge is 0.486 e. The second kappa shape index (κ2) is 4.61. The fourth-order valence-corrected chi connectivity index (χ4v) is 1.28.